The monoisotopic (exact) mass is 356 g/mol. The molecule has 0 spiro atoms. The molecule has 19 heavy (non-hydrogen) atoms. The summed E-state index contributed by atoms with van der Waals surface area (Å²) in [5.41, 5.74) is 4.14. The van der Waals surface area contributed by atoms with E-state index in [9.17, 15) is 0 Å². The molecule has 0 aliphatic carbocycles. The van der Waals surface area contributed by atoms with Crippen molar-refractivity contribution in [1.82, 2.24) is 5.43 Å². The Hall–Kier alpha value is -0.330. The van der Waals surface area contributed by atoms with E-state index >= 15 is 0 Å². The quantitative estimate of drug-likeness (QED) is 0.458. The van der Waals surface area contributed by atoms with E-state index in [0.29, 0.717) is 0 Å². The standard InChI is InChI=1S/C14H17BrN2S2/c1-2-18-11-5-3-10(4-6-11)13(17-16)9-12-7-8-14(15)19-12/h3-8,13,17H,2,9,16H2,1H3. The number of thiophene rings is 1. The van der Waals surface area contributed by atoms with Gasteiger partial charge in [0, 0.05) is 16.2 Å². The van der Waals surface area contributed by atoms with Crippen LogP contribution in [0.1, 0.15) is 23.4 Å². The van der Waals surface area contributed by atoms with Gasteiger partial charge in [0.05, 0.1) is 9.83 Å². The summed E-state index contributed by atoms with van der Waals surface area (Å²) in [7, 11) is 0. The van der Waals surface area contributed by atoms with E-state index in [1.165, 1.54) is 15.3 Å². The fourth-order valence-electron chi connectivity index (χ4n) is 1.90. The van der Waals surface area contributed by atoms with Gasteiger partial charge in [0.2, 0.25) is 0 Å². The minimum Gasteiger partial charge on any atom is -0.271 e. The molecule has 0 aliphatic heterocycles. The van der Waals surface area contributed by atoms with Crippen LogP contribution in [0, 0.1) is 0 Å². The number of halogens is 1. The number of hydrogen-bond acceptors (Lipinski definition) is 4. The van der Waals surface area contributed by atoms with E-state index in [-0.39, 0.29) is 6.04 Å². The van der Waals surface area contributed by atoms with Crippen molar-refractivity contribution < 1.29 is 0 Å². The lowest BCUT2D eigenvalue weighted by molar-refractivity contribution is 0.555. The molecule has 1 aromatic heterocycles. The number of hydrazine groups is 1. The molecule has 1 heterocycles. The highest BCUT2D eigenvalue weighted by Crippen LogP contribution is 2.27. The second-order valence-corrected chi connectivity index (χ2v) is 8.02. The lowest BCUT2D eigenvalue weighted by atomic mass is 10.0. The van der Waals surface area contributed by atoms with Crippen LogP contribution in [0.2, 0.25) is 0 Å². The van der Waals surface area contributed by atoms with Crippen LogP contribution >= 0.6 is 39.0 Å². The zero-order chi connectivity index (χ0) is 13.7. The first kappa shape index (κ1) is 15.1. The smallest absolute Gasteiger partial charge is 0.0701 e. The maximum absolute atomic E-state index is 5.69. The van der Waals surface area contributed by atoms with Crippen LogP contribution in [0.4, 0.5) is 0 Å². The molecule has 0 radical (unpaired) electrons. The first-order valence-corrected chi connectivity index (χ1v) is 8.75. The molecule has 2 nitrogen and oxygen atoms in total. The van der Waals surface area contributed by atoms with E-state index in [4.69, 9.17) is 5.84 Å². The number of hydrogen-bond donors (Lipinski definition) is 2. The summed E-state index contributed by atoms with van der Waals surface area (Å²) in [6.45, 7) is 2.16. The second kappa shape index (κ2) is 7.45. The maximum atomic E-state index is 5.69. The molecule has 2 aromatic rings. The van der Waals surface area contributed by atoms with E-state index < -0.39 is 0 Å². The van der Waals surface area contributed by atoms with Crippen molar-refractivity contribution in [2.45, 2.75) is 24.3 Å². The molecule has 1 aromatic carbocycles. The summed E-state index contributed by atoms with van der Waals surface area (Å²) in [4.78, 5) is 2.63. The van der Waals surface area contributed by atoms with Gasteiger partial charge in [0.1, 0.15) is 0 Å². The third kappa shape index (κ3) is 4.33. The first-order chi connectivity index (χ1) is 9.22. The summed E-state index contributed by atoms with van der Waals surface area (Å²) in [5, 5.41) is 0. The average Bonchev–Trinajstić information content (AvgIpc) is 2.83. The van der Waals surface area contributed by atoms with E-state index in [1.807, 2.05) is 11.8 Å². The zero-order valence-electron chi connectivity index (χ0n) is 10.7. The van der Waals surface area contributed by atoms with Gasteiger partial charge in [-0.05, 0) is 51.5 Å². The van der Waals surface area contributed by atoms with Gasteiger partial charge in [0.25, 0.3) is 0 Å². The van der Waals surface area contributed by atoms with Crippen LogP contribution in [0.15, 0.2) is 45.1 Å². The van der Waals surface area contributed by atoms with Crippen molar-refractivity contribution in [3.8, 4) is 0 Å². The number of nitrogens with one attached hydrogen (secondary N) is 1. The minimum atomic E-state index is 0.159. The Bertz CT molecular complexity index is 510. The Morgan fingerprint density at radius 2 is 2.00 bits per heavy atom. The van der Waals surface area contributed by atoms with Gasteiger partial charge < -0.3 is 0 Å². The van der Waals surface area contributed by atoms with E-state index in [0.717, 1.165) is 16.0 Å². The summed E-state index contributed by atoms with van der Waals surface area (Å²) in [6.07, 6.45) is 0.910. The summed E-state index contributed by atoms with van der Waals surface area (Å²) >= 11 is 7.10. The Morgan fingerprint density at radius 3 is 2.53 bits per heavy atom. The number of rotatable bonds is 6. The molecule has 5 heteroatoms. The average molecular weight is 357 g/mol. The van der Waals surface area contributed by atoms with Gasteiger partial charge in [-0.3, -0.25) is 11.3 Å². The summed E-state index contributed by atoms with van der Waals surface area (Å²) < 4.78 is 1.16. The Morgan fingerprint density at radius 1 is 1.26 bits per heavy atom. The van der Waals surface area contributed by atoms with Crippen molar-refractivity contribution in [2.24, 2.45) is 5.84 Å². The van der Waals surface area contributed by atoms with Crippen LogP contribution in [0.25, 0.3) is 0 Å². The predicted molar refractivity (Wildman–Crippen MR) is 88.6 cm³/mol. The number of benzene rings is 1. The number of nitrogens with two attached hydrogens (primary N) is 1. The van der Waals surface area contributed by atoms with Crippen molar-refractivity contribution in [3.05, 3.63) is 50.6 Å². The zero-order valence-corrected chi connectivity index (χ0v) is 13.9. The Balaban J connectivity index is 2.08. The Kier molecular flexibility index (Phi) is 5.91. The minimum absolute atomic E-state index is 0.159. The molecule has 2 rings (SSSR count). The maximum Gasteiger partial charge on any atom is 0.0701 e. The van der Waals surface area contributed by atoms with E-state index in [2.05, 4.69) is 64.7 Å². The molecule has 0 aliphatic rings. The molecular weight excluding hydrogens is 340 g/mol. The third-order valence-electron chi connectivity index (χ3n) is 2.83. The third-order valence-corrected chi connectivity index (χ3v) is 5.37. The SMILES string of the molecule is CCSc1ccc(C(Cc2ccc(Br)s2)NN)cc1. The molecule has 0 fully saturated rings. The molecule has 3 N–H and O–H groups in total. The molecule has 0 bridgehead atoms. The van der Waals surface area contributed by atoms with Crippen LogP contribution in [0.3, 0.4) is 0 Å². The Labute approximate surface area is 130 Å². The van der Waals surface area contributed by atoms with Crippen molar-refractivity contribution in [2.75, 3.05) is 5.75 Å². The molecule has 1 unspecified atom stereocenters. The number of thioether (sulfide) groups is 1. The fraction of sp³-hybridized carbons (Fsp3) is 0.286. The lowest BCUT2D eigenvalue weighted by Crippen LogP contribution is -2.29. The molecule has 0 saturated carbocycles. The van der Waals surface area contributed by atoms with E-state index in [1.54, 1.807) is 11.3 Å². The van der Waals surface area contributed by atoms with Gasteiger partial charge in [0.15, 0.2) is 0 Å². The van der Waals surface area contributed by atoms with Crippen LogP contribution < -0.4 is 11.3 Å². The van der Waals surface area contributed by atoms with Crippen molar-refractivity contribution in [3.63, 3.8) is 0 Å². The van der Waals surface area contributed by atoms with Crippen LogP contribution in [0.5, 0.6) is 0 Å². The molecule has 1 atom stereocenters. The van der Waals surface area contributed by atoms with Crippen molar-refractivity contribution >= 4 is 39.0 Å². The van der Waals surface area contributed by atoms with Gasteiger partial charge in [-0.1, -0.05) is 19.1 Å². The summed E-state index contributed by atoms with van der Waals surface area (Å²) in [5.74, 6) is 6.79. The highest BCUT2D eigenvalue weighted by atomic mass is 79.9. The molecule has 0 amide bonds. The molecule has 0 saturated heterocycles. The fourth-order valence-corrected chi connectivity index (χ4v) is 4.09. The van der Waals surface area contributed by atoms with Gasteiger partial charge >= 0.3 is 0 Å². The van der Waals surface area contributed by atoms with Crippen LogP contribution in [-0.4, -0.2) is 5.75 Å². The molecule has 102 valence electrons. The highest BCUT2D eigenvalue weighted by Gasteiger charge is 2.11. The van der Waals surface area contributed by atoms with Crippen LogP contribution in [-0.2, 0) is 6.42 Å². The second-order valence-electron chi connectivity index (χ2n) is 4.13. The lowest BCUT2D eigenvalue weighted by Gasteiger charge is -2.15. The molecular formula is C14H17BrN2S2. The van der Waals surface area contributed by atoms with Gasteiger partial charge in [-0.25, -0.2) is 0 Å². The largest absolute Gasteiger partial charge is 0.271 e. The summed E-state index contributed by atoms with van der Waals surface area (Å²) in [6, 6.07) is 13.0. The van der Waals surface area contributed by atoms with Gasteiger partial charge in [-0.2, -0.15) is 0 Å². The normalized spacial score (nSPS) is 12.6. The van der Waals surface area contributed by atoms with Crippen molar-refractivity contribution in [1.29, 1.82) is 0 Å². The first-order valence-electron chi connectivity index (χ1n) is 6.16. The predicted octanol–water partition coefficient (Wildman–Crippen LogP) is 4.37. The van der Waals surface area contributed by atoms with Gasteiger partial charge in [-0.15, -0.1) is 23.1 Å². The topological polar surface area (TPSA) is 38.0 Å². The highest BCUT2D eigenvalue weighted by molar-refractivity contribution is 9.11.